The van der Waals surface area contributed by atoms with Crippen LogP contribution in [0.4, 0.5) is 18.0 Å². The topological polar surface area (TPSA) is 72.9 Å². The molecule has 0 aromatic rings. The number of cyclic esters (lactones) is 1. The van der Waals surface area contributed by atoms with E-state index >= 15 is 0 Å². The van der Waals surface area contributed by atoms with Crippen molar-refractivity contribution in [1.29, 1.82) is 0 Å². The summed E-state index contributed by atoms with van der Waals surface area (Å²) in [5, 5.41) is 0. The molecule has 0 spiro atoms. The molecular formula is C15H22F3NO5. The van der Waals surface area contributed by atoms with Crippen LogP contribution in [0.2, 0.25) is 0 Å². The van der Waals surface area contributed by atoms with Gasteiger partial charge < -0.3 is 9.47 Å². The zero-order valence-corrected chi connectivity index (χ0v) is 14.1. The van der Waals surface area contributed by atoms with E-state index in [9.17, 15) is 27.6 Å². The number of esters is 1. The summed E-state index contributed by atoms with van der Waals surface area (Å²) in [5.74, 6) is -6.04. The number of hydrogen-bond donors (Lipinski definition) is 0. The van der Waals surface area contributed by atoms with Crippen molar-refractivity contribution >= 4 is 18.0 Å². The highest BCUT2D eigenvalue weighted by molar-refractivity contribution is 5.95. The summed E-state index contributed by atoms with van der Waals surface area (Å²) in [7, 11) is 0. The molecule has 3 atom stereocenters. The lowest BCUT2D eigenvalue weighted by Gasteiger charge is -2.30. The average molecular weight is 353 g/mol. The van der Waals surface area contributed by atoms with Gasteiger partial charge in [-0.3, -0.25) is 9.59 Å². The number of imide groups is 1. The van der Waals surface area contributed by atoms with E-state index in [1.807, 2.05) is 0 Å². The molecule has 0 aromatic heterocycles. The monoisotopic (exact) mass is 353 g/mol. The van der Waals surface area contributed by atoms with Gasteiger partial charge in [0, 0.05) is 5.92 Å². The molecule has 0 aliphatic carbocycles. The molecule has 9 heteroatoms. The molecular weight excluding hydrogens is 331 g/mol. The van der Waals surface area contributed by atoms with Crippen molar-refractivity contribution in [2.24, 2.45) is 17.8 Å². The van der Waals surface area contributed by atoms with Gasteiger partial charge in [0.05, 0.1) is 25.0 Å². The first-order valence-corrected chi connectivity index (χ1v) is 7.72. The Balaban J connectivity index is 3.00. The molecule has 138 valence electrons. The molecule has 1 fully saturated rings. The normalized spacial score (nSPS) is 20.8. The minimum Gasteiger partial charge on any atom is -0.466 e. The Kier molecular flexibility index (Phi) is 6.62. The predicted molar refractivity (Wildman–Crippen MR) is 76.8 cm³/mol. The quantitative estimate of drug-likeness (QED) is 0.687. The SMILES string of the molecule is CCOC(=O)C[C@@H]([C@H](C)C(=O)N1C(=O)OC[C@@H]1C(C)C)C(F)(F)F. The van der Waals surface area contributed by atoms with E-state index in [0.29, 0.717) is 0 Å². The van der Waals surface area contributed by atoms with Crippen molar-refractivity contribution in [3.8, 4) is 0 Å². The van der Waals surface area contributed by atoms with E-state index < -0.39 is 48.4 Å². The molecule has 0 bridgehead atoms. The summed E-state index contributed by atoms with van der Waals surface area (Å²) in [5.41, 5.74) is 0. The summed E-state index contributed by atoms with van der Waals surface area (Å²) in [4.78, 5) is 36.4. The Morgan fingerprint density at radius 2 is 1.92 bits per heavy atom. The van der Waals surface area contributed by atoms with Crippen molar-refractivity contribution < 1.29 is 37.0 Å². The summed E-state index contributed by atoms with van der Waals surface area (Å²) in [6.45, 7) is 5.89. The molecule has 0 unspecified atom stereocenters. The number of nitrogens with zero attached hydrogens (tertiary/aromatic N) is 1. The van der Waals surface area contributed by atoms with E-state index in [1.54, 1.807) is 13.8 Å². The lowest BCUT2D eigenvalue weighted by atomic mass is 9.88. The highest BCUT2D eigenvalue weighted by Crippen LogP contribution is 2.37. The Morgan fingerprint density at radius 1 is 1.33 bits per heavy atom. The first-order chi connectivity index (χ1) is 11.0. The Labute approximate surface area is 138 Å². The highest BCUT2D eigenvalue weighted by Gasteiger charge is 2.50. The fraction of sp³-hybridized carbons (Fsp3) is 0.800. The number of alkyl halides is 3. The summed E-state index contributed by atoms with van der Waals surface area (Å²) in [6, 6.07) is -0.621. The van der Waals surface area contributed by atoms with E-state index in [1.165, 1.54) is 6.92 Å². The molecule has 1 heterocycles. The Morgan fingerprint density at radius 3 is 2.38 bits per heavy atom. The van der Waals surface area contributed by atoms with Crippen molar-refractivity contribution in [1.82, 2.24) is 4.90 Å². The standard InChI is InChI=1S/C15H22F3NO5/c1-5-23-12(20)6-10(15(16,17)18)9(4)13(21)19-11(8(2)3)7-24-14(19)22/h8-11H,5-7H2,1-4H3/t9-,10-,11+/m0/s1. The van der Waals surface area contributed by atoms with Gasteiger partial charge >= 0.3 is 18.2 Å². The van der Waals surface area contributed by atoms with Crippen LogP contribution in [0.25, 0.3) is 0 Å². The number of carbonyl (C=O) groups is 3. The predicted octanol–water partition coefficient (Wildman–Crippen LogP) is 2.76. The summed E-state index contributed by atoms with van der Waals surface area (Å²) >= 11 is 0. The summed E-state index contributed by atoms with van der Waals surface area (Å²) < 4.78 is 49.2. The third-order valence-corrected chi connectivity index (χ3v) is 4.02. The molecule has 2 amide bonds. The van der Waals surface area contributed by atoms with E-state index in [4.69, 9.17) is 4.74 Å². The highest BCUT2D eigenvalue weighted by atomic mass is 19.4. The lowest BCUT2D eigenvalue weighted by Crippen LogP contribution is -2.48. The first-order valence-electron chi connectivity index (χ1n) is 7.72. The molecule has 1 rings (SSSR count). The maximum Gasteiger partial charge on any atom is 0.416 e. The van der Waals surface area contributed by atoms with Crippen molar-refractivity contribution in [3.05, 3.63) is 0 Å². The summed E-state index contributed by atoms with van der Waals surface area (Å²) in [6.07, 6.45) is -6.71. The van der Waals surface area contributed by atoms with Gasteiger partial charge in [-0.05, 0) is 12.8 Å². The van der Waals surface area contributed by atoms with Gasteiger partial charge in [-0.2, -0.15) is 13.2 Å². The van der Waals surface area contributed by atoms with Crippen LogP contribution >= 0.6 is 0 Å². The third kappa shape index (κ3) is 4.61. The molecule has 6 nitrogen and oxygen atoms in total. The van der Waals surface area contributed by atoms with Gasteiger partial charge in [0.15, 0.2) is 0 Å². The van der Waals surface area contributed by atoms with Crippen LogP contribution in [-0.2, 0) is 19.1 Å². The molecule has 0 saturated carbocycles. The minimum atomic E-state index is -4.78. The van der Waals surface area contributed by atoms with Gasteiger partial charge in [-0.15, -0.1) is 0 Å². The number of amides is 2. The van der Waals surface area contributed by atoms with Crippen LogP contribution < -0.4 is 0 Å². The fourth-order valence-corrected chi connectivity index (χ4v) is 2.55. The molecule has 0 N–H and O–H groups in total. The Bertz CT molecular complexity index is 492. The van der Waals surface area contributed by atoms with Gasteiger partial charge in [0.25, 0.3) is 0 Å². The number of carbonyl (C=O) groups excluding carboxylic acids is 3. The van der Waals surface area contributed by atoms with Crippen LogP contribution in [0, 0.1) is 17.8 Å². The lowest BCUT2D eigenvalue weighted by molar-refractivity contribution is -0.198. The van der Waals surface area contributed by atoms with Gasteiger partial charge in [0.1, 0.15) is 6.61 Å². The number of hydrogen-bond acceptors (Lipinski definition) is 5. The van der Waals surface area contributed by atoms with E-state index in [0.717, 1.165) is 11.8 Å². The largest absolute Gasteiger partial charge is 0.466 e. The second-order valence-corrected chi connectivity index (χ2v) is 6.04. The van der Waals surface area contributed by atoms with Crippen LogP contribution in [0.5, 0.6) is 0 Å². The molecule has 1 aliphatic heterocycles. The van der Waals surface area contributed by atoms with E-state index in [2.05, 4.69) is 4.74 Å². The van der Waals surface area contributed by atoms with Crippen LogP contribution in [0.15, 0.2) is 0 Å². The van der Waals surface area contributed by atoms with Crippen LogP contribution in [0.1, 0.15) is 34.1 Å². The van der Waals surface area contributed by atoms with Crippen molar-refractivity contribution in [2.75, 3.05) is 13.2 Å². The third-order valence-electron chi connectivity index (χ3n) is 4.02. The zero-order valence-electron chi connectivity index (χ0n) is 14.1. The van der Waals surface area contributed by atoms with Gasteiger partial charge in [0.2, 0.25) is 5.91 Å². The number of halogens is 3. The van der Waals surface area contributed by atoms with Crippen molar-refractivity contribution in [2.45, 2.75) is 46.3 Å². The van der Waals surface area contributed by atoms with Gasteiger partial charge in [-0.1, -0.05) is 20.8 Å². The molecule has 1 aliphatic rings. The van der Waals surface area contributed by atoms with Gasteiger partial charge in [-0.25, -0.2) is 9.69 Å². The Hall–Kier alpha value is -1.80. The van der Waals surface area contributed by atoms with Crippen molar-refractivity contribution in [3.63, 3.8) is 0 Å². The molecule has 0 radical (unpaired) electrons. The first kappa shape index (κ1) is 20.2. The maximum atomic E-state index is 13.3. The molecule has 0 aromatic carbocycles. The second kappa shape index (κ2) is 7.85. The van der Waals surface area contributed by atoms with Crippen LogP contribution in [0.3, 0.4) is 0 Å². The number of ether oxygens (including phenoxy) is 2. The minimum absolute atomic E-state index is 0.0521. The van der Waals surface area contributed by atoms with E-state index in [-0.39, 0.29) is 19.1 Å². The fourth-order valence-electron chi connectivity index (χ4n) is 2.55. The molecule has 24 heavy (non-hydrogen) atoms. The second-order valence-electron chi connectivity index (χ2n) is 6.04. The number of rotatable bonds is 6. The molecule has 1 saturated heterocycles. The average Bonchev–Trinajstić information content (AvgIpc) is 2.84. The zero-order chi connectivity index (χ0) is 18.7. The van der Waals surface area contributed by atoms with Crippen LogP contribution in [-0.4, -0.2) is 48.3 Å². The maximum absolute atomic E-state index is 13.3. The smallest absolute Gasteiger partial charge is 0.416 e.